The van der Waals surface area contributed by atoms with Gasteiger partial charge in [0.25, 0.3) is 0 Å². The highest BCUT2D eigenvalue weighted by Crippen LogP contribution is 2.36. The molecule has 142 valence electrons. The lowest BCUT2D eigenvalue weighted by Gasteiger charge is -2.35. The van der Waals surface area contributed by atoms with Gasteiger partial charge in [0, 0.05) is 44.4 Å². The van der Waals surface area contributed by atoms with Crippen molar-refractivity contribution >= 4 is 22.4 Å². The fourth-order valence-corrected chi connectivity index (χ4v) is 4.55. The lowest BCUT2D eigenvalue weighted by Crippen LogP contribution is -2.48. The van der Waals surface area contributed by atoms with E-state index < -0.39 is 32.7 Å². The van der Waals surface area contributed by atoms with Gasteiger partial charge in [-0.05, 0) is 17.7 Å². The van der Waals surface area contributed by atoms with Gasteiger partial charge in [-0.1, -0.05) is 6.07 Å². The first-order valence-electron chi connectivity index (χ1n) is 7.45. The van der Waals surface area contributed by atoms with Gasteiger partial charge in [-0.25, -0.2) is 8.42 Å². The number of hydrogen-bond acceptors (Lipinski definition) is 5. The second-order valence-corrected chi connectivity index (χ2v) is 7.35. The van der Waals surface area contributed by atoms with E-state index in [1.807, 2.05) is 0 Å². The van der Waals surface area contributed by atoms with E-state index in [1.54, 1.807) is 18.3 Å². The van der Waals surface area contributed by atoms with Crippen LogP contribution in [-0.2, 0) is 16.2 Å². The molecule has 2 aromatic rings. The highest BCUT2D eigenvalue weighted by atomic mass is 35.5. The molecule has 1 saturated heterocycles. The Morgan fingerprint density at radius 3 is 2.54 bits per heavy atom. The Hall–Kier alpha value is -1.75. The molecule has 0 aromatic carbocycles. The van der Waals surface area contributed by atoms with Crippen LogP contribution >= 0.6 is 12.4 Å². The molecular formula is C15H16ClF3N4O2S. The largest absolute Gasteiger partial charge is 0.417 e. The van der Waals surface area contributed by atoms with Gasteiger partial charge in [0.15, 0.2) is 0 Å². The summed E-state index contributed by atoms with van der Waals surface area (Å²) in [7, 11) is -4.39. The zero-order valence-electron chi connectivity index (χ0n) is 13.3. The van der Waals surface area contributed by atoms with Crippen molar-refractivity contribution in [2.24, 2.45) is 0 Å². The van der Waals surface area contributed by atoms with Crippen molar-refractivity contribution in [1.29, 1.82) is 0 Å². The molecule has 0 radical (unpaired) electrons. The quantitative estimate of drug-likeness (QED) is 0.843. The molecule has 1 fully saturated rings. The molecule has 0 bridgehead atoms. The van der Waals surface area contributed by atoms with E-state index in [1.165, 1.54) is 6.20 Å². The molecular weight excluding hydrogens is 393 g/mol. The molecule has 3 heterocycles. The van der Waals surface area contributed by atoms with E-state index in [4.69, 9.17) is 0 Å². The Morgan fingerprint density at radius 1 is 1.15 bits per heavy atom. The van der Waals surface area contributed by atoms with Gasteiger partial charge in [-0.3, -0.25) is 9.97 Å². The first-order chi connectivity index (χ1) is 11.8. The van der Waals surface area contributed by atoms with E-state index in [9.17, 15) is 21.6 Å². The maximum absolute atomic E-state index is 13.2. The number of halogens is 4. The van der Waals surface area contributed by atoms with Crippen LogP contribution in [0.15, 0.2) is 47.9 Å². The van der Waals surface area contributed by atoms with Crippen molar-refractivity contribution in [3.63, 3.8) is 0 Å². The van der Waals surface area contributed by atoms with Gasteiger partial charge >= 0.3 is 6.18 Å². The predicted octanol–water partition coefficient (Wildman–Crippen LogP) is 2.25. The molecule has 1 aliphatic rings. The minimum Gasteiger partial charge on any atom is -0.313 e. The van der Waals surface area contributed by atoms with Gasteiger partial charge in [0.2, 0.25) is 10.0 Å². The number of pyridine rings is 2. The summed E-state index contributed by atoms with van der Waals surface area (Å²) in [6.45, 7) is 0.679. The van der Waals surface area contributed by atoms with Gasteiger partial charge in [-0.15, -0.1) is 12.4 Å². The Bertz CT molecular complexity index is 849. The number of alkyl halides is 3. The Labute approximate surface area is 154 Å². The van der Waals surface area contributed by atoms with E-state index in [2.05, 4.69) is 15.3 Å². The maximum atomic E-state index is 13.2. The fraction of sp³-hybridized carbons (Fsp3) is 0.333. The van der Waals surface area contributed by atoms with E-state index in [-0.39, 0.29) is 25.5 Å². The minimum absolute atomic E-state index is 0. The van der Waals surface area contributed by atoms with E-state index >= 15 is 0 Å². The number of rotatable bonds is 3. The summed E-state index contributed by atoms with van der Waals surface area (Å²) in [5, 5.41) is 3.06. The second kappa shape index (κ2) is 7.87. The van der Waals surface area contributed by atoms with Crippen molar-refractivity contribution in [3.8, 4) is 0 Å². The molecule has 1 unspecified atom stereocenters. The third-order valence-electron chi connectivity index (χ3n) is 3.94. The Balaban J connectivity index is 0.00000243. The van der Waals surface area contributed by atoms with Gasteiger partial charge in [0.05, 0.1) is 11.6 Å². The topological polar surface area (TPSA) is 75.2 Å². The molecule has 1 aliphatic heterocycles. The fourth-order valence-electron chi connectivity index (χ4n) is 2.78. The average molecular weight is 409 g/mol. The Kier molecular flexibility index (Phi) is 6.22. The highest BCUT2D eigenvalue weighted by molar-refractivity contribution is 7.89. The van der Waals surface area contributed by atoms with E-state index in [0.717, 1.165) is 16.7 Å². The summed E-state index contributed by atoms with van der Waals surface area (Å²) in [4.78, 5) is 6.71. The molecule has 1 N–H and O–H groups in total. The first-order valence-corrected chi connectivity index (χ1v) is 8.89. The number of nitrogens with zero attached hydrogens (tertiary/aromatic N) is 3. The standard InChI is InChI=1S/C15H15F3N4O2S.ClH/c16-15(17,18)12-3-5-20-10-14(12)25(23,24)22-7-6-21-9-13(22)11-2-1-4-19-8-11;/h1-5,8,10,13,21H,6-7,9H2;1H. The third kappa shape index (κ3) is 3.98. The molecule has 2 aromatic heterocycles. The SMILES string of the molecule is Cl.O=S(=O)(c1cnccc1C(F)(F)F)N1CCNCC1c1cccnc1. The summed E-state index contributed by atoms with van der Waals surface area (Å²) in [6, 6.07) is 3.38. The second-order valence-electron chi connectivity index (χ2n) is 5.49. The molecule has 1 atom stereocenters. The first kappa shape index (κ1) is 20.6. The molecule has 0 amide bonds. The van der Waals surface area contributed by atoms with Crippen LogP contribution in [0.5, 0.6) is 0 Å². The van der Waals surface area contributed by atoms with Crippen LogP contribution in [0.1, 0.15) is 17.2 Å². The number of piperazine rings is 1. The highest BCUT2D eigenvalue weighted by Gasteiger charge is 2.42. The van der Waals surface area contributed by atoms with Crippen LogP contribution in [0, 0.1) is 0 Å². The van der Waals surface area contributed by atoms with Crippen LogP contribution in [0.3, 0.4) is 0 Å². The maximum Gasteiger partial charge on any atom is 0.417 e. The van der Waals surface area contributed by atoms with E-state index in [0.29, 0.717) is 18.2 Å². The zero-order valence-corrected chi connectivity index (χ0v) is 15.0. The molecule has 11 heteroatoms. The summed E-state index contributed by atoms with van der Waals surface area (Å²) in [5.74, 6) is 0. The third-order valence-corrected chi connectivity index (χ3v) is 5.88. The predicted molar refractivity (Wildman–Crippen MR) is 90.2 cm³/mol. The summed E-state index contributed by atoms with van der Waals surface area (Å²) in [6.07, 6.45) is -0.0581. The molecule has 0 aliphatic carbocycles. The normalized spacial score (nSPS) is 19.0. The number of hydrogen-bond donors (Lipinski definition) is 1. The van der Waals surface area contributed by atoms with Crippen molar-refractivity contribution in [2.75, 3.05) is 19.6 Å². The molecule has 0 spiro atoms. The number of nitrogens with one attached hydrogen (secondary N) is 1. The van der Waals surface area contributed by atoms with Gasteiger partial charge in [0.1, 0.15) is 4.90 Å². The summed E-state index contributed by atoms with van der Waals surface area (Å²) < 4.78 is 66.7. The zero-order chi connectivity index (χ0) is 18.1. The molecule has 3 rings (SSSR count). The lowest BCUT2D eigenvalue weighted by molar-refractivity contribution is -0.140. The minimum atomic E-state index is -4.79. The number of sulfonamides is 1. The van der Waals surface area contributed by atoms with Crippen LogP contribution < -0.4 is 5.32 Å². The monoisotopic (exact) mass is 408 g/mol. The lowest BCUT2D eigenvalue weighted by atomic mass is 10.1. The van der Waals surface area contributed by atoms with Crippen LogP contribution in [0.4, 0.5) is 13.2 Å². The Morgan fingerprint density at radius 2 is 1.88 bits per heavy atom. The van der Waals surface area contributed by atoms with Crippen molar-refractivity contribution in [2.45, 2.75) is 17.1 Å². The number of aromatic nitrogens is 2. The van der Waals surface area contributed by atoms with Crippen LogP contribution in [-0.4, -0.2) is 42.3 Å². The summed E-state index contributed by atoms with van der Waals surface area (Å²) in [5.41, 5.74) is -0.610. The molecule has 6 nitrogen and oxygen atoms in total. The smallest absolute Gasteiger partial charge is 0.313 e. The van der Waals surface area contributed by atoms with Crippen molar-refractivity contribution in [3.05, 3.63) is 54.1 Å². The molecule has 26 heavy (non-hydrogen) atoms. The van der Waals surface area contributed by atoms with Gasteiger partial charge < -0.3 is 5.32 Å². The van der Waals surface area contributed by atoms with Gasteiger partial charge in [-0.2, -0.15) is 17.5 Å². The molecule has 0 saturated carbocycles. The van der Waals surface area contributed by atoms with Crippen molar-refractivity contribution in [1.82, 2.24) is 19.6 Å². The van der Waals surface area contributed by atoms with Crippen LogP contribution in [0.2, 0.25) is 0 Å². The average Bonchev–Trinajstić information content (AvgIpc) is 2.62. The van der Waals surface area contributed by atoms with Crippen molar-refractivity contribution < 1.29 is 21.6 Å². The summed E-state index contributed by atoms with van der Waals surface area (Å²) >= 11 is 0. The van der Waals surface area contributed by atoms with Crippen LogP contribution in [0.25, 0.3) is 0 Å².